The first kappa shape index (κ1) is 12.5. The van der Waals surface area contributed by atoms with Gasteiger partial charge in [0, 0.05) is 12.6 Å². The van der Waals surface area contributed by atoms with E-state index in [1.807, 2.05) is 6.92 Å². The first-order chi connectivity index (χ1) is 8.49. The van der Waals surface area contributed by atoms with Crippen LogP contribution in [0.5, 0.6) is 11.6 Å². The lowest BCUT2D eigenvalue weighted by Crippen LogP contribution is -2.12. The van der Waals surface area contributed by atoms with Crippen molar-refractivity contribution in [1.82, 2.24) is 14.8 Å². The van der Waals surface area contributed by atoms with Crippen LogP contribution in [0.4, 0.5) is 0 Å². The quantitative estimate of drug-likeness (QED) is 0.881. The largest absolute Gasteiger partial charge is 0.436 e. The fourth-order valence-corrected chi connectivity index (χ4v) is 1.74. The van der Waals surface area contributed by atoms with Crippen LogP contribution < -0.4 is 9.88 Å². The fourth-order valence-electron chi connectivity index (χ4n) is 1.29. The van der Waals surface area contributed by atoms with E-state index in [4.69, 9.17) is 9.88 Å². The van der Waals surface area contributed by atoms with Crippen LogP contribution in [0.1, 0.15) is 6.92 Å². The van der Waals surface area contributed by atoms with Crippen molar-refractivity contribution in [3.05, 3.63) is 30.7 Å². The molecule has 2 aromatic rings. The zero-order valence-corrected chi connectivity index (χ0v) is 10.5. The van der Waals surface area contributed by atoms with Crippen LogP contribution >= 0.6 is 0 Å². The first-order valence-electron chi connectivity index (χ1n) is 5.18. The molecule has 0 saturated carbocycles. The number of aromatic nitrogens is 3. The van der Waals surface area contributed by atoms with Crippen molar-refractivity contribution in [2.24, 2.45) is 5.14 Å². The van der Waals surface area contributed by atoms with E-state index in [1.165, 1.54) is 12.1 Å². The molecule has 0 atom stereocenters. The van der Waals surface area contributed by atoms with Crippen LogP contribution in [0.15, 0.2) is 35.6 Å². The predicted octanol–water partition coefficient (Wildman–Crippen LogP) is 0.738. The Labute approximate surface area is 104 Å². The smallest absolute Gasteiger partial charge is 0.239 e. The number of sulfonamides is 1. The Morgan fingerprint density at radius 1 is 1.39 bits per heavy atom. The number of nitrogens with zero attached hydrogens (tertiary/aromatic N) is 3. The van der Waals surface area contributed by atoms with Crippen LogP contribution in [0.3, 0.4) is 0 Å². The molecule has 7 nitrogen and oxygen atoms in total. The second kappa shape index (κ2) is 4.75. The number of nitrogens with two attached hydrogens (primary N) is 1. The molecule has 0 bridgehead atoms. The summed E-state index contributed by atoms with van der Waals surface area (Å²) in [7, 11) is -3.73. The Morgan fingerprint density at radius 2 is 2.17 bits per heavy atom. The van der Waals surface area contributed by atoms with Crippen LogP contribution in [0, 0.1) is 0 Å². The molecule has 96 valence electrons. The summed E-state index contributed by atoms with van der Waals surface area (Å²) in [4.78, 5) is 3.80. The van der Waals surface area contributed by atoms with Gasteiger partial charge in [0.2, 0.25) is 15.9 Å². The van der Waals surface area contributed by atoms with Crippen molar-refractivity contribution in [1.29, 1.82) is 0 Å². The summed E-state index contributed by atoms with van der Waals surface area (Å²) in [5.41, 5.74) is 0. The molecule has 18 heavy (non-hydrogen) atoms. The van der Waals surface area contributed by atoms with Gasteiger partial charge in [0.05, 0.1) is 18.6 Å². The van der Waals surface area contributed by atoms with Gasteiger partial charge in [0.1, 0.15) is 4.90 Å². The molecule has 0 saturated heterocycles. The highest BCUT2D eigenvalue weighted by atomic mass is 32.2. The molecule has 2 aromatic heterocycles. The topological polar surface area (TPSA) is 100 Å². The maximum Gasteiger partial charge on any atom is 0.239 e. The van der Waals surface area contributed by atoms with E-state index >= 15 is 0 Å². The molecule has 0 aliphatic heterocycles. The Hall–Kier alpha value is -1.93. The van der Waals surface area contributed by atoms with Crippen molar-refractivity contribution >= 4 is 10.0 Å². The summed E-state index contributed by atoms with van der Waals surface area (Å²) in [5.74, 6) is 0.811. The molecule has 2 N–H and O–H groups in total. The SMILES string of the molecule is CCn1cc(Oc2ccc(S(N)(=O)=O)cn2)cn1. The first-order valence-corrected chi connectivity index (χ1v) is 6.73. The van der Waals surface area contributed by atoms with Gasteiger partial charge >= 0.3 is 0 Å². The molecule has 2 rings (SSSR count). The molecule has 0 aliphatic carbocycles. The third-order valence-electron chi connectivity index (χ3n) is 2.19. The standard InChI is InChI=1S/C10H12N4O3S/c1-2-14-7-8(5-13-14)17-10-4-3-9(6-12-10)18(11,15)16/h3-7H,2H2,1H3,(H2,11,15,16). The highest BCUT2D eigenvalue weighted by molar-refractivity contribution is 7.89. The Morgan fingerprint density at radius 3 is 2.67 bits per heavy atom. The number of hydrogen-bond donors (Lipinski definition) is 1. The van der Waals surface area contributed by atoms with Crippen molar-refractivity contribution in [2.45, 2.75) is 18.4 Å². The van der Waals surface area contributed by atoms with E-state index in [-0.39, 0.29) is 10.8 Å². The minimum atomic E-state index is -3.73. The fraction of sp³-hybridized carbons (Fsp3) is 0.200. The third-order valence-corrected chi connectivity index (χ3v) is 3.09. The molecule has 0 amide bonds. The molecule has 2 heterocycles. The van der Waals surface area contributed by atoms with E-state index in [0.717, 1.165) is 12.7 Å². The lowest BCUT2D eigenvalue weighted by molar-refractivity contribution is 0.460. The summed E-state index contributed by atoms with van der Waals surface area (Å²) < 4.78 is 29.2. The number of primary sulfonamides is 1. The van der Waals surface area contributed by atoms with Gasteiger partial charge in [0.25, 0.3) is 0 Å². The molecule has 0 aliphatic rings. The summed E-state index contributed by atoms with van der Waals surface area (Å²) in [5, 5.41) is 8.99. The highest BCUT2D eigenvalue weighted by Gasteiger charge is 2.08. The van der Waals surface area contributed by atoms with Crippen LogP contribution in [-0.2, 0) is 16.6 Å². The van der Waals surface area contributed by atoms with Gasteiger partial charge in [-0.2, -0.15) is 5.10 Å². The summed E-state index contributed by atoms with van der Waals surface area (Å²) in [6.07, 6.45) is 4.42. The lowest BCUT2D eigenvalue weighted by atomic mass is 10.5. The number of aryl methyl sites for hydroxylation is 1. The maximum atomic E-state index is 11.0. The maximum absolute atomic E-state index is 11.0. The van der Waals surface area contributed by atoms with E-state index < -0.39 is 10.0 Å². The van der Waals surface area contributed by atoms with Crippen LogP contribution in [0.25, 0.3) is 0 Å². The molecule has 8 heteroatoms. The Bertz CT molecular complexity index is 633. The summed E-state index contributed by atoms with van der Waals surface area (Å²) in [6, 6.07) is 2.77. The van der Waals surface area contributed by atoms with E-state index in [0.29, 0.717) is 5.75 Å². The summed E-state index contributed by atoms with van der Waals surface area (Å²) >= 11 is 0. The lowest BCUT2D eigenvalue weighted by Gasteiger charge is -2.02. The predicted molar refractivity (Wildman–Crippen MR) is 63.6 cm³/mol. The number of pyridine rings is 1. The zero-order chi connectivity index (χ0) is 13.2. The summed E-state index contributed by atoms with van der Waals surface area (Å²) in [6.45, 7) is 2.69. The Kier molecular flexibility index (Phi) is 3.30. The van der Waals surface area contributed by atoms with Gasteiger partial charge in [-0.1, -0.05) is 0 Å². The van der Waals surface area contributed by atoms with Gasteiger partial charge in [0.15, 0.2) is 5.75 Å². The van der Waals surface area contributed by atoms with Crippen molar-refractivity contribution in [3.8, 4) is 11.6 Å². The number of hydrogen-bond acceptors (Lipinski definition) is 5. The van der Waals surface area contributed by atoms with E-state index in [1.54, 1.807) is 17.1 Å². The molecular weight excluding hydrogens is 256 g/mol. The molecule has 0 spiro atoms. The van der Waals surface area contributed by atoms with Gasteiger partial charge in [-0.05, 0) is 13.0 Å². The van der Waals surface area contributed by atoms with E-state index in [9.17, 15) is 8.42 Å². The van der Waals surface area contributed by atoms with Crippen molar-refractivity contribution in [3.63, 3.8) is 0 Å². The van der Waals surface area contributed by atoms with Gasteiger partial charge in [-0.15, -0.1) is 0 Å². The molecular formula is C10H12N4O3S. The Balaban J connectivity index is 2.15. The van der Waals surface area contributed by atoms with Crippen molar-refractivity contribution in [2.75, 3.05) is 0 Å². The highest BCUT2D eigenvalue weighted by Crippen LogP contribution is 2.19. The average Bonchev–Trinajstić information content (AvgIpc) is 2.76. The van der Waals surface area contributed by atoms with Gasteiger partial charge in [-0.3, -0.25) is 4.68 Å². The van der Waals surface area contributed by atoms with E-state index in [2.05, 4.69) is 10.1 Å². The van der Waals surface area contributed by atoms with Crippen LogP contribution in [-0.4, -0.2) is 23.2 Å². The molecule has 0 radical (unpaired) electrons. The molecule has 0 unspecified atom stereocenters. The third kappa shape index (κ3) is 2.84. The average molecular weight is 268 g/mol. The molecule has 0 fully saturated rings. The second-order valence-electron chi connectivity index (χ2n) is 3.51. The number of ether oxygens (including phenoxy) is 1. The minimum absolute atomic E-state index is 0.0564. The monoisotopic (exact) mass is 268 g/mol. The van der Waals surface area contributed by atoms with Gasteiger partial charge in [-0.25, -0.2) is 18.5 Å². The minimum Gasteiger partial charge on any atom is -0.436 e. The number of rotatable bonds is 4. The van der Waals surface area contributed by atoms with Gasteiger partial charge < -0.3 is 4.74 Å². The molecule has 0 aromatic carbocycles. The zero-order valence-electron chi connectivity index (χ0n) is 9.65. The van der Waals surface area contributed by atoms with Crippen LogP contribution in [0.2, 0.25) is 0 Å². The van der Waals surface area contributed by atoms with Crippen molar-refractivity contribution < 1.29 is 13.2 Å². The second-order valence-corrected chi connectivity index (χ2v) is 5.07. The normalized spacial score (nSPS) is 11.4.